The largest absolute Gasteiger partial charge is 0.485 e. The van der Waals surface area contributed by atoms with E-state index in [1.54, 1.807) is 0 Å². The van der Waals surface area contributed by atoms with Gasteiger partial charge in [-0.15, -0.1) is 0 Å². The van der Waals surface area contributed by atoms with Gasteiger partial charge in [0.1, 0.15) is 11.9 Å². The molecule has 1 nitrogen and oxygen atoms in total. The van der Waals surface area contributed by atoms with Gasteiger partial charge in [0.25, 0.3) is 0 Å². The Hall–Kier alpha value is -1.47. The van der Waals surface area contributed by atoms with Crippen molar-refractivity contribution in [2.75, 3.05) is 0 Å². The van der Waals surface area contributed by atoms with Crippen molar-refractivity contribution in [2.24, 2.45) is 0 Å². The van der Waals surface area contributed by atoms with E-state index >= 15 is 0 Å². The number of para-hydroxylation sites is 1. The number of benzene rings is 2. The lowest BCUT2D eigenvalue weighted by atomic mass is 10.1. The Morgan fingerprint density at radius 1 is 1.12 bits per heavy atom. The van der Waals surface area contributed by atoms with Crippen molar-refractivity contribution in [3.05, 3.63) is 65.2 Å². The normalized spacial score (nSPS) is 12.1. The number of rotatable bonds is 3. The van der Waals surface area contributed by atoms with Crippen LogP contribution in [0.1, 0.15) is 18.6 Å². The SMILES string of the molecule is CC(Oc1[c]cccc1)c1ccc(Cl)cc1. The van der Waals surface area contributed by atoms with E-state index in [0.29, 0.717) is 0 Å². The molecule has 0 spiro atoms. The van der Waals surface area contributed by atoms with Crippen LogP contribution in [0.5, 0.6) is 5.75 Å². The van der Waals surface area contributed by atoms with E-state index in [1.807, 2.05) is 55.5 Å². The summed E-state index contributed by atoms with van der Waals surface area (Å²) in [6, 6.07) is 18.3. The number of hydrogen-bond donors (Lipinski definition) is 0. The van der Waals surface area contributed by atoms with E-state index in [4.69, 9.17) is 16.3 Å². The molecule has 1 unspecified atom stereocenters. The van der Waals surface area contributed by atoms with Gasteiger partial charge in [-0.05, 0) is 30.7 Å². The van der Waals surface area contributed by atoms with Gasteiger partial charge in [-0.2, -0.15) is 0 Å². The molecule has 0 aliphatic heterocycles. The lowest BCUT2D eigenvalue weighted by Crippen LogP contribution is -2.02. The van der Waals surface area contributed by atoms with Gasteiger partial charge < -0.3 is 4.74 Å². The summed E-state index contributed by atoms with van der Waals surface area (Å²) in [5, 5.41) is 0.738. The maximum Gasteiger partial charge on any atom is 0.128 e. The van der Waals surface area contributed by atoms with Gasteiger partial charge >= 0.3 is 0 Å². The Labute approximate surface area is 101 Å². The minimum Gasteiger partial charge on any atom is -0.485 e. The Bertz CT molecular complexity index is 436. The molecule has 1 atom stereocenters. The summed E-state index contributed by atoms with van der Waals surface area (Å²) < 4.78 is 5.74. The fourth-order valence-electron chi connectivity index (χ4n) is 1.44. The van der Waals surface area contributed by atoms with Crippen LogP contribution < -0.4 is 4.74 Å². The second-order valence-corrected chi connectivity index (χ2v) is 3.97. The van der Waals surface area contributed by atoms with Crippen LogP contribution >= 0.6 is 11.6 Å². The average molecular weight is 232 g/mol. The van der Waals surface area contributed by atoms with E-state index in [9.17, 15) is 0 Å². The minimum absolute atomic E-state index is 0.00378. The zero-order valence-electron chi connectivity index (χ0n) is 8.98. The lowest BCUT2D eigenvalue weighted by Gasteiger charge is -2.14. The Balaban J connectivity index is 2.09. The molecule has 0 aromatic heterocycles. The minimum atomic E-state index is -0.00378. The Morgan fingerprint density at radius 3 is 2.50 bits per heavy atom. The van der Waals surface area contributed by atoms with Gasteiger partial charge in [-0.3, -0.25) is 0 Å². The Morgan fingerprint density at radius 2 is 1.88 bits per heavy atom. The molecule has 0 heterocycles. The molecular formula is C14H12ClO. The second-order valence-electron chi connectivity index (χ2n) is 3.54. The molecule has 0 aliphatic rings. The fourth-order valence-corrected chi connectivity index (χ4v) is 1.57. The molecular weight excluding hydrogens is 220 g/mol. The van der Waals surface area contributed by atoms with Crippen LogP contribution in [-0.4, -0.2) is 0 Å². The van der Waals surface area contributed by atoms with Gasteiger partial charge in [0.2, 0.25) is 0 Å². The molecule has 2 aromatic carbocycles. The van der Waals surface area contributed by atoms with Crippen molar-refractivity contribution < 1.29 is 4.74 Å². The summed E-state index contributed by atoms with van der Waals surface area (Å²) >= 11 is 5.83. The average Bonchev–Trinajstić information content (AvgIpc) is 2.31. The van der Waals surface area contributed by atoms with Crippen molar-refractivity contribution in [1.82, 2.24) is 0 Å². The fraction of sp³-hybridized carbons (Fsp3) is 0.143. The quantitative estimate of drug-likeness (QED) is 0.766. The molecule has 2 heteroatoms. The summed E-state index contributed by atoms with van der Waals surface area (Å²) in [7, 11) is 0. The van der Waals surface area contributed by atoms with Gasteiger partial charge in [0, 0.05) is 11.1 Å². The van der Waals surface area contributed by atoms with Crippen LogP contribution in [0.25, 0.3) is 0 Å². The zero-order chi connectivity index (χ0) is 11.4. The summed E-state index contributed by atoms with van der Waals surface area (Å²) in [4.78, 5) is 0. The molecule has 0 saturated heterocycles. The molecule has 16 heavy (non-hydrogen) atoms. The zero-order valence-corrected chi connectivity index (χ0v) is 9.74. The van der Waals surface area contributed by atoms with Crippen molar-refractivity contribution in [3.8, 4) is 5.75 Å². The van der Waals surface area contributed by atoms with Crippen molar-refractivity contribution in [2.45, 2.75) is 13.0 Å². The van der Waals surface area contributed by atoms with Crippen LogP contribution in [0.3, 0.4) is 0 Å². The van der Waals surface area contributed by atoms with Crippen LogP contribution in [0.15, 0.2) is 48.5 Å². The highest BCUT2D eigenvalue weighted by Gasteiger charge is 2.06. The first-order valence-corrected chi connectivity index (χ1v) is 5.52. The van der Waals surface area contributed by atoms with Gasteiger partial charge in [0.05, 0.1) is 0 Å². The maximum absolute atomic E-state index is 5.83. The van der Waals surface area contributed by atoms with Gasteiger partial charge in [-0.25, -0.2) is 0 Å². The maximum atomic E-state index is 5.83. The summed E-state index contributed by atoms with van der Waals surface area (Å²) in [6.07, 6.45) is -0.00378. The molecule has 0 amide bonds. The van der Waals surface area contributed by atoms with E-state index in [1.165, 1.54) is 0 Å². The van der Waals surface area contributed by atoms with Crippen molar-refractivity contribution in [1.29, 1.82) is 0 Å². The molecule has 81 valence electrons. The van der Waals surface area contributed by atoms with E-state index in [0.717, 1.165) is 16.3 Å². The van der Waals surface area contributed by atoms with E-state index in [-0.39, 0.29) is 6.10 Å². The van der Waals surface area contributed by atoms with Crippen LogP contribution in [0, 0.1) is 6.07 Å². The highest BCUT2D eigenvalue weighted by atomic mass is 35.5. The second kappa shape index (κ2) is 5.04. The highest BCUT2D eigenvalue weighted by Crippen LogP contribution is 2.22. The summed E-state index contributed by atoms with van der Waals surface area (Å²) in [6.45, 7) is 2.00. The highest BCUT2D eigenvalue weighted by molar-refractivity contribution is 6.30. The first-order valence-electron chi connectivity index (χ1n) is 5.14. The van der Waals surface area contributed by atoms with Crippen LogP contribution in [0.2, 0.25) is 5.02 Å². The molecule has 0 N–H and O–H groups in total. The predicted molar refractivity (Wildman–Crippen MR) is 65.8 cm³/mol. The predicted octanol–water partition coefficient (Wildman–Crippen LogP) is 4.28. The Kier molecular flexibility index (Phi) is 3.47. The smallest absolute Gasteiger partial charge is 0.128 e. The van der Waals surface area contributed by atoms with Crippen LogP contribution in [0.4, 0.5) is 0 Å². The molecule has 0 saturated carbocycles. The van der Waals surface area contributed by atoms with E-state index < -0.39 is 0 Å². The topological polar surface area (TPSA) is 9.23 Å². The first-order chi connectivity index (χ1) is 7.75. The molecule has 0 aliphatic carbocycles. The summed E-state index contributed by atoms with van der Waals surface area (Å²) in [5.41, 5.74) is 1.10. The number of ether oxygens (including phenoxy) is 1. The third-order valence-corrected chi connectivity index (χ3v) is 2.58. The molecule has 1 radical (unpaired) electrons. The summed E-state index contributed by atoms with van der Waals surface area (Å²) in [5.74, 6) is 0.755. The number of hydrogen-bond acceptors (Lipinski definition) is 1. The molecule has 2 aromatic rings. The third-order valence-electron chi connectivity index (χ3n) is 2.32. The van der Waals surface area contributed by atoms with Crippen molar-refractivity contribution >= 4 is 11.6 Å². The first kappa shape index (κ1) is 11.0. The van der Waals surface area contributed by atoms with Crippen LogP contribution in [-0.2, 0) is 0 Å². The van der Waals surface area contributed by atoms with E-state index in [2.05, 4.69) is 6.07 Å². The van der Waals surface area contributed by atoms with Crippen molar-refractivity contribution in [3.63, 3.8) is 0 Å². The van der Waals surface area contributed by atoms with Gasteiger partial charge in [0.15, 0.2) is 0 Å². The number of halogens is 1. The standard InChI is InChI=1S/C14H12ClO/c1-11(12-7-9-13(15)10-8-12)16-14-5-3-2-4-6-14/h2-5,7-11H,1H3. The van der Waals surface area contributed by atoms with Gasteiger partial charge in [-0.1, -0.05) is 41.9 Å². The molecule has 0 bridgehead atoms. The third kappa shape index (κ3) is 2.77. The molecule has 2 rings (SSSR count). The molecule has 0 fully saturated rings. The monoisotopic (exact) mass is 231 g/mol. The lowest BCUT2D eigenvalue weighted by molar-refractivity contribution is 0.226.